The molecule has 0 unspecified atom stereocenters. The van der Waals surface area contributed by atoms with Crippen LogP contribution in [0.4, 0.5) is 5.69 Å². The fourth-order valence-corrected chi connectivity index (χ4v) is 4.67. The molecule has 150 valence electrons. The van der Waals surface area contributed by atoms with Crippen molar-refractivity contribution in [2.75, 3.05) is 17.0 Å². The Bertz CT molecular complexity index is 1260. The highest BCUT2D eigenvalue weighted by molar-refractivity contribution is 7.92. The summed E-state index contributed by atoms with van der Waals surface area (Å²) in [6.07, 6.45) is 7.00. The second-order valence-corrected chi connectivity index (χ2v) is 9.11. The van der Waals surface area contributed by atoms with Crippen LogP contribution in [0.3, 0.4) is 0 Å². The van der Waals surface area contributed by atoms with Gasteiger partial charge in [-0.2, -0.15) is 5.10 Å². The predicted octanol–water partition coefficient (Wildman–Crippen LogP) is 2.06. The van der Waals surface area contributed by atoms with E-state index in [4.69, 9.17) is 0 Å². The molecule has 4 aromatic heterocycles. The molecule has 0 saturated carbocycles. The van der Waals surface area contributed by atoms with Crippen LogP contribution in [-0.2, 0) is 10.0 Å². The lowest BCUT2D eigenvalue weighted by atomic mass is 10.4. The third-order valence-corrected chi connectivity index (χ3v) is 6.60. The number of sulfonamides is 1. The molecule has 0 atom stereocenters. The standard InChI is InChI=1S/C18H18N6O3S2/c1-13-16(28-18(21-13)23-8-2-3-9-23)17(25)19-7-11-29(26,27)22-14-5-10-24-15(12-14)4-6-20-24/h2-6,8-10,12,22H,7,11H2,1H3,(H,19,25). The number of hydrogen-bond donors (Lipinski definition) is 2. The molecule has 0 aliphatic carbocycles. The number of amides is 1. The Morgan fingerprint density at radius 3 is 2.79 bits per heavy atom. The Morgan fingerprint density at radius 1 is 1.21 bits per heavy atom. The average Bonchev–Trinajstić information content (AvgIpc) is 3.41. The summed E-state index contributed by atoms with van der Waals surface area (Å²) in [4.78, 5) is 17.3. The summed E-state index contributed by atoms with van der Waals surface area (Å²) in [6, 6.07) is 8.84. The number of aromatic nitrogens is 4. The number of pyridine rings is 1. The highest BCUT2D eigenvalue weighted by atomic mass is 32.2. The second-order valence-electron chi connectivity index (χ2n) is 6.29. The molecule has 0 bridgehead atoms. The summed E-state index contributed by atoms with van der Waals surface area (Å²) in [5, 5.41) is 7.40. The van der Waals surface area contributed by atoms with Gasteiger partial charge < -0.3 is 9.88 Å². The zero-order chi connectivity index (χ0) is 20.4. The first-order valence-corrected chi connectivity index (χ1v) is 11.2. The van der Waals surface area contributed by atoms with E-state index in [-0.39, 0.29) is 18.2 Å². The smallest absolute Gasteiger partial charge is 0.263 e. The quantitative estimate of drug-likeness (QED) is 0.466. The third-order valence-electron chi connectivity index (χ3n) is 4.15. The van der Waals surface area contributed by atoms with Gasteiger partial charge in [0.25, 0.3) is 5.91 Å². The maximum Gasteiger partial charge on any atom is 0.263 e. The minimum atomic E-state index is -3.62. The summed E-state index contributed by atoms with van der Waals surface area (Å²) >= 11 is 1.25. The van der Waals surface area contributed by atoms with Crippen molar-refractivity contribution >= 4 is 38.5 Å². The van der Waals surface area contributed by atoms with Gasteiger partial charge in [-0.15, -0.1) is 0 Å². The van der Waals surface area contributed by atoms with Gasteiger partial charge in [0.05, 0.1) is 22.7 Å². The summed E-state index contributed by atoms with van der Waals surface area (Å²) < 4.78 is 30.6. The number of thiazole rings is 1. The SMILES string of the molecule is Cc1nc(-n2cccc2)sc1C(=O)NCCS(=O)(=O)Nc1ccn2nccc2c1. The Hall–Kier alpha value is -3.18. The molecule has 29 heavy (non-hydrogen) atoms. The molecular weight excluding hydrogens is 412 g/mol. The van der Waals surface area contributed by atoms with Crippen LogP contribution in [0.15, 0.2) is 55.1 Å². The fraction of sp³-hybridized carbons (Fsp3) is 0.167. The summed E-state index contributed by atoms with van der Waals surface area (Å²) in [5.41, 5.74) is 1.82. The lowest BCUT2D eigenvalue weighted by Gasteiger charge is -2.09. The van der Waals surface area contributed by atoms with Gasteiger partial charge in [0, 0.05) is 31.3 Å². The van der Waals surface area contributed by atoms with Crippen molar-refractivity contribution in [2.45, 2.75) is 6.92 Å². The Morgan fingerprint density at radius 2 is 2.00 bits per heavy atom. The van der Waals surface area contributed by atoms with Gasteiger partial charge in [-0.1, -0.05) is 11.3 Å². The van der Waals surface area contributed by atoms with E-state index in [2.05, 4.69) is 20.1 Å². The van der Waals surface area contributed by atoms with E-state index in [1.54, 1.807) is 42.0 Å². The minimum Gasteiger partial charge on any atom is -0.350 e. The van der Waals surface area contributed by atoms with Crippen LogP contribution < -0.4 is 10.0 Å². The zero-order valence-corrected chi connectivity index (χ0v) is 17.1. The van der Waals surface area contributed by atoms with Crippen molar-refractivity contribution in [3.05, 3.63) is 65.7 Å². The normalized spacial score (nSPS) is 11.6. The molecule has 4 heterocycles. The monoisotopic (exact) mass is 430 g/mol. The highest BCUT2D eigenvalue weighted by Crippen LogP contribution is 2.21. The number of aryl methyl sites for hydroxylation is 1. The van der Waals surface area contributed by atoms with E-state index >= 15 is 0 Å². The van der Waals surface area contributed by atoms with E-state index < -0.39 is 10.0 Å². The van der Waals surface area contributed by atoms with Crippen LogP contribution in [0.1, 0.15) is 15.4 Å². The van der Waals surface area contributed by atoms with Crippen molar-refractivity contribution in [1.29, 1.82) is 0 Å². The lowest BCUT2D eigenvalue weighted by molar-refractivity contribution is 0.0959. The van der Waals surface area contributed by atoms with E-state index in [1.807, 2.05) is 29.1 Å². The lowest BCUT2D eigenvalue weighted by Crippen LogP contribution is -2.31. The molecule has 4 rings (SSSR count). The molecule has 2 N–H and O–H groups in total. The first kappa shape index (κ1) is 19.2. The molecule has 0 spiro atoms. The molecule has 1 amide bonds. The molecule has 0 aliphatic rings. The Labute approximate surface area is 171 Å². The van der Waals surface area contributed by atoms with Gasteiger partial charge in [-0.3, -0.25) is 9.52 Å². The van der Waals surface area contributed by atoms with Crippen molar-refractivity contribution in [2.24, 2.45) is 0 Å². The zero-order valence-electron chi connectivity index (χ0n) is 15.4. The number of fused-ring (bicyclic) bond motifs is 1. The van der Waals surface area contributed by atoms with E-state index in [1.165, 1.54) is 11.3 Å². The van der Waals surface area contributed by atoms with Crippen LogP contribution in [-0.4, -0.2) is 45.8 Å². The van der Waals surface area contributed by atoms with Crippen molar-refractivity contribution in [3.8, 4) is 5.13 Å². The molecule has 9 nitrogen and oxygen atoms in total. The highest BCUT2D eigenvalue weighted by Gasteiger charge is 2.17. The Kier molecular flexibility index (Phi) is 5.07. The first-order valence-electron chi connectivity index (χ1n) is 8.74. The maximum absolute atomic E-state index is 12.4. The minimum absolute atomic E-state index is 0.0146. The van der Waals surface area contributed by atoms with Crippen LogP contribution in [0, 0.1) is 6.92 Å². The molecule has 0 radical (unpaired) electrons. The number of carbonyl (C=O) groups excluding carboxylic acids is 1. The largest absolute Gasteiger partial charge is 0.350 e. The molecule has 0 saturated heterocycles. The third kappa shape index (κ3) is 4.30. The van der Waals surface area contributed by atoms with Crippen LogP contribution in [0.2, 0.25) is 0 Å². The number of rotatable bonds is 7. The van der Waals surface area contributed by atoms with Crippen molar-refractivity contribution < 1.29 is 13.2 Å². The van der Waals surface area contributed by atoms with Gasteiger partial charge >= 0.3 is 0 Å². The van der Waals surface area contributed by atoms with E-state index in [0.717, 1.165) is 5.52 Å². The van der Waals surface area contributed by atoms with Crippen LogP contribution in [0.25, 0.3) is 10.6 Å². The summed E-state index contributed by atoms with van der Waals surface area (Å²) in [6.45, 7) is 1.74. The molecular formula is C18H18N6O3S2. The van der Waals surface area contributed by atoms with Gasteiger partial charge in [0.15, 0.2) is 5.13 Å². The van der Waals surface area contributed by atoms with Crippen molar-refractivity contribution in [1.82, 2.24) is 24.5 Å². The summed E-state index contributed by atoms with van der Waals surface area (Å²) in [5.74, 6) is -0.583. The number of anilines is 1. The second kappa shape index (κ2) is 7.68. The Balaban J connectivity index is 1.36. The van der Waals surface area contributed by atoms with Gasteiger partial charge in [0.2, 0.25) is 10.0 Å². The summed E-state index contributed by atoms with van der Waals surface area (Å²) in [7, 11) is -3.62. The van der Waals surface area contributed by atoms with E-state index in [9.17, 15) is 13.2 Å². The number of nitrogens with zero attached hydrogens (tertiary/aromatic N) is 4. The predicted molar refractivity (Wildman–Crippen MR) is 111 cm³/mol. The number of carbonyl (C=O) groups is 1. The topological polar surface area (TPSA) is 110 Å². The molecule has 11 heteroatoms. The van der Waals surface area contributed by atoms with Crippen LogP contribution in [0.5, 0.6) is 0 Å². The number of hydrogen-bond acceptors (Lipinski definition) is 6. The van der Waals surface area contributed by atoms with Gasteiger partial charge in [0.1, 0.15) is 4.88 Å². The van der Waals surface area contributed by atoms with E-state index in [0.29, 0.717) is 21.4 Å². The molecule has 0 fully saturated rings. The maximum atomic E-state index is 12.4. The van der Waals surface area contributed by atoms with Gasteiger partial charge in [-0.25, -0.2) is 17.9 Å². The first-order chi connectivity index (χ1) is 13.9. The average molecular weight is 431 g/mol. The number of nitrogens with one attached hydrogen (secondary N) is 2. The fourth-order valence-electron chi connectivity index (χ4n) is 2.76. The molecule has 4 aromatic rings. The van der Waals surface area contributed by atoms with Crippen molar-refractivity contribution in [3.63, 3.8) is 0 Å². The molecule has 0 aliphatic heterocycles. The molecule has 0 aromatic carbocycles. The van der Waals surface area contributed by atoms with Crippen LogP contribution >= 0.6 is 11.3 Å². The van der Waals surface area contributed by atoms with Gasteiger partial charge in [-0.05, 0) is 37.3 Å².